The minimum Gasteiger partial charge on any atom is -0.454 e. The Labute approximate surface area is 293 Å². The molecule has 11 aromatic rings. The van der Waals surface area contributed by atoms with Crippen LogP contribution in [0.1, 0.15) is 0 Å². The zero-order chi connectivity index (χ0) is 33.5. The molecule has 0 fully saturated rings. The fourth-order valence-electron chi connectivity index (χ4n) is 8.24. The minimum absolute atomic E-state index is 0.881. The number of hydrogen-bond donors (Lipinski definition) is 0. The number of aromatic nitrogens is 2. The highest BCUT2D eigenvalue weighted by molar-refractivity contribution is 6.24. The molecule has 0 bridgehead atoms. The predicted octanol–water partition coefficient (Wildman–Crippen LogP) is 13.1. The predicted molar refractivity (Wildman–Crippen MR) is 213 cm³/mol. The quantitative estimate of drug-likeness (QED) is 0.186. The molecule has 51 heavy (non-hydrogen) atoms. The van der Waals surface area contributed by atoms with Crippen LogP contribution in [0.15, 0.2) is 186 Å². The van der Waals surface area contributed by atoms with E-state index in [1.165, 1.54) is 49.3 Å². The van der Waals surface area contributed by atoms with E-state index in [0.717, 1.165) is 49.9 Å². The summed E-state index contributed by atoms with van der Waals surface area (Å²) in [6.07, 6.45) is 0. The summed E-state index contributed by atoms with van der Waals surface area (Å²) in [6.45, 7) is 0. The summed E-state index contributed by atoms with van der Waals surface area (Å²) >= 11 is 0. The molecule has 0 saturated heterocycles. The molecule has 0 aliphatic heterocycles. The maximum absolute atomic E-state index is 6.89. The van der Waals surface area contributed by atoms with E-state index in [1.807, 2.05) is 0 Å². The summed E-state index contributed by atoms with van der Waals surface area (Å²) in [5.41, 5.74) is 13.3. The Bertz CT molecular complexity index is 3130. The van der Waals surface area contributed by atoms with Crippen molar-refractivity contribution in [3.63, 3.8) is 0 Å². The van der Waals surface area contributed by atoms with E-state index in [1.54, 1.807) is 0 Å². The molecule has 0 atom stereocenters. The van der Waals surface area contributed by atoms with Crippen LogP contribution in [0.25, 0.3) is 99.2 Å². The Morgan fingerprint density at radius 1 is 0.333 bits per heavy atom. The number of benzene rings is 8. The van der Waals surface area contributed by atoms with E-state index in [0.29, 0.717) is 0 Å². The van der Waals surface area contributed by atoms with Gasteiger partial charge in [0.25, 0.3) is 0 Å². The highest BCUT2D eigenvalue weighted by atomic mass is 16.3. The molecule has 8 aromatic carbocycles. The van der Waals surface area contributed by atoms with Crippen LogP contribution in [0.3, 0.4) is 0 Å². The van der Waals surface area contributed by atoms with Gasteiger partial charge in [-0.3, -0.25) is 0 Å². The zero-order valence-electron chi connectivity index (χ0n) is 27.6. The van der Waals surface area contributed by atoms with Crippen molar-refractivity contribution < 1.29 is 4.42 Å². The van der Waals surface area contributed by atoms with E-state index in [2.05, 4.69) is 191 Å². The zero-order valence-corrected chi connectivity index (χ0v) is 27.6. The van der Waals surface area contributed by atoms with Crippen molar-refractivity contribution >= 4 is 65.6 Å². The van der Waals surface area contributed by atoms with Gasteiger partial charge in [0.05, 0.1) is 27.8 Å². The van der Waals surface area contributed by atoms with Crippen LogP contribution in [0.5, 0.6) is 0 Å². The van der Waals surface area contributed by atoms with Crippen LogP contribution in [0.4, 0.5) is 0 Å². The molecule has 0 aliphatic rings. The van der Waals surface area contributed by atoms with E-state index in [-0.39, 0.29) is 0 Å². The highest BCUT2D eigenvalue weighted by Gasteiger charge is 2.23. The van der Waals surface area contributed by atoms with Crippen molar-refractivity contribution in [2.24, 2.45) is 0 Å². The van der Waals surface area contributed by atoms with Crippen LogP contribution in [0.2, 0.25) is 0 Å². The Kier molecular flexibility index (Phi) is 5.96. The summed E-state index contributed by atoms with van der Waals surface area (Å²) in [4.78, 5) is 0. The first kappa shape index (κ1) is 28.0. The molecule has 3 aromatic heterocycles. The topological polar surface area (TPSA) is 23.0 Å². The molecule has 0 saturated carbocycles. The fourth-order valence-corrected chi connectivity index (χ4v) is 8.24. The maximum Gasteiger partial charge on any atom is 0.159 e. The lowest BCUT2D eigenvalue weighted by atomic mass is 10.0. The lowest BCUT2D eigenvalue weighted by Gasteiger charge is -2.14. The molecule has 3 nitrogen and oxygen atoms in total. The van der Waals surface area contributed by atoms with Crippen molar-refractivity contribution in [2.45, 2.75) is 0 Å². The van der Waals surface area contributed by atoms with Crippen LogP contribution in [-0.4, -0.2) is 9.13 Å². The monoisotopic (exact) mass is 650 g/mol. The van der Waals surface area contributed by atoms with Gasteiger partial charge >= 0.3 is 0 Å². The van der Waals surface area contributed by atoms with Gasteiger partial charge in [0.1, 0.15) is 5.58 Å². The summed E-state index contributed by atoms with van der Waals surface area (Å²) in [5.74, 6) is 0. The van der Waals surface area contributed by atoms with Gasteiger partial charge in [-0.1, -0.05) is 140 Å². The average Bonchev–Trinajstić information content (AvgIpc) is 3.86. The molecule has 0 radical (unpaired) electrons. The highest BCUT2D eigenvalue weighted by Crippen LogP contribution is 2.44. The molecule has 3 heterocycles. The summed E-state index contributed by atoms with van der Waals surface area (Å²) < 4.78 is 11.8. The molecule has 238 valence electrons. The Morgan fingerprint density at radius 2 is 0.863 bits per heavy atom. The first-order valence-electron chi connectivity index (χ1n) is 17.4. The third-order valence-electron chi connectivity index (χ3n) is 10.5. The molecule has 0 N–H and O–H groups in total. The third kappa shape index (κ3) is 4.12. The second-order valence-electron chi connectivity index (χ2n) is 13.3. The maximum atomic E-state index is 6.89. The van der Waals surface area contributed by atoms with Crippen molar-refractivity contribution in [3.8, 4) is 33.6 Å². The van der Waals surface area contributed by atoms with Gasteiger partial charge in [-0.05, 0) is 64.7 Å². The Morgan fingerprint density at radius 3 is 1.57 bits per heavy atom. The SMILES string of the molecule is c1ccc(-c2cccc(-n3c4ccccc4c4ccc5c6ccccc6n(-c6cccc7c6oc6cc(-c8ccccc8)ccc67)c5c43)c2)cc1. The lowest BCUT2D eigenvalue weighted by Crippen LogP contribution is -1.99. The Balaban J connectivity index is 1.26. The first-order chi connectivity index (χ1) is 25.3. The smallest absolute Gasteiger partial charge is 0.159 e. The van der Waals surface area contributed by atoms with Crippen molar-refractivity contribution in [3.05, 3.63) is 182 Å². The van der Waals surface area contributed by atoms with Crippen LogP contribution in [-0.2, 0) is 0 Å². The van der Waals surface area contributed by atoms with Crippen molar-refractivity contribution in [1.29, 1.82) is 0 Å². The number of hydrogen-bond acceptors (Lipinski definition) is 1. The summed E-state index contributed by atoms with van der Waals surface area (Å²) in [6, 6.07) is 65.3. The van der Waals surface area contributed by atoms with E-state index in [9.17, 15) is 0 Å². The number of rotatable bonds is 4. The minimum atomic E-state index is 0.881. The van der Waals surface area contributed by atoms with Gasteiger partial charge in [0.2, 0.25) is 0 Å². The van der Waals surface area contributed by atoms with Crippen LogP contribution in [0, 0.1) is 0 Å². The molecule has 0 unspecified atom stereocenters. The number of nitrogens with zero attached hydrogens (tertiary/aromatic N) is 2. The Hall–Kier alpha value is -6.84. The molecular weight excluding hydrogens is 621 g/mol. The lowest BCUT2D eigenvalue weighted by molar-refractivity contribution is 0.666. The largest absolute Gasteiger partial charge is 0.454 e. The third-order valence-corrected chi connectivity index (χ3v) is 10.5. The van der Waals surface area contributed by atoms with E-state index >= 15 is 0 Å². The first-order valence-corrected chi connectivity index (χ1v) is 17.4. The normalized spacial score (nSPS) is 11.9. The van der Waals surface area contributed by atoms with Gasteiger partial charge in [-0.2, -0.15) is 0 Å². The van der Waals surface area contributed by atoms with Crippen molar-refractivity contribution in [1.82, 2.24) is 9.13 Å². The van der Waals surface area contributed by atoms with Gasteiger partial charge < -0.3 is 13.6 Å². The van der Waals surface area contributed by atoms with Gasteiger partial charge in [0.15, 0.2) is 5.58 Å². The number of fused-ring (bicyclic) bond motifs is 10. The van der Waals surface area contributed by atoms with E-state index in [4.69, 9.17) is 4.42 Å². The standard InChI is InChI=1S/C48H30N2O/c1-3-13-31(14-4-1)33-17-11-18-35(29-33)49-42-22-9-7-19-36(42)39-27-28-40-37-20-8-10-23-43(37)50(47(40)46(39)49)44-24-12-21-41-38-26-25-34(30-45(38)51-48(41)44)32-15-5-2-6-16-32/h1-30H. The number of para-hydroxylation sites is 3. The summed E-state index contributed by atoms with van der Waals surface area (Å²) in [5, 5.41) is 7.09. The van der Waals surface area contributed by atoms with Gasteiger partial charge in [-0.25, -0.2) is 0 Å². The average molecular weight is 651 g/mol. The van der Waals surface area contributed by atoms with E-state index < -0.39 is 0 Å². The number of furan rings is 1. The van der Waals surface area contributed by atoms with Gasteiger partial charge in [0, 0.05) is 38.0 Å². The van der Waals surface area contributed by atoms with Crippen LogP contribution >= 0.6 is 0 Å². The molecular formula is C48H30N2O. The van der Waals surface area contributed by atoms with Crippen molar-refractivity contribution in [2.75, 3.05) is 0 Å². The second kappa shape index (κ2) is 10.8. The van der Waals surface area contributed by atoms with Gasteiger partial charge in [-0.15, -0.1) is 0 Å². The molecule has 3 heteroatoms. The molecule has 0 amide bonds. The fraction of sp³-hybridized carbons (Fsp3) is 0. The van der Waals surface area contributed by atoms with Crippen LogP contribution < -0.4 is 0 Å². The summed E-state index contributed by atoms with van der Waals surface area (Å²) in [7, 11) is 0. The molecule has 0 aliphatic carbocycles. The molecule has 0 spiro atoms. The molecule has 11 rings (SSSR count). The second-order valence-corrected chi connectivity index (χ2v) is 13.3.